The topological polar surface area (TPSA) is 52.6 Å². The molecule has 0 aromatic carbocycles. The summed E-state index contributed by atoms with van der Waals surface area (Å²) in [5.41, 5.74) is 0. The first-order chi connectivity index (χ1) is 8.40. The van der Waals surface area contributed by atoms with Crippen molar-refractivity contribution in [2.45, 2.75) is 65.1 Å². The Kier molecular flexibility index (Phi) is 6.09. The Labute approximate surface area is 111 Å². The van der Waals surface area contributed by atoms with Crippen LogP contribution < -0.4 is 5.32 Å². The van der Waals surface area contributed by atoms with Crippen LogP contribution in [0.3, 0.4) is 0 Å². The molecule has 4 heteroatoms. The van der Waals surface area contributed by atoms with Gasteiger partial charge in [0.2, 0.25) is 0 Å². The smallest absolute Gasteiger partial charge is 0.320 e. The number of nitrogens with zero attached hydrogens (tertiary/aromatic N) is 1. The SMILES string of the molecule is CC(C)CC(C(=O)O)N1CCC(NC(C)C)CC1. The lowest BCUT2D eigenvalue weighted by molar-refractivity contribution is -0.144. The quantitative estimate of drug-likeness (QED) is 0.762. The van der Waals surface area contributed by atoms with Gasteiger partial charge >= 0.3 is 5.97 Å². The maximum absolute atomic E-state index is 11.3. The fraction of sp³-hybridized carbons (Fsp3) is 0.929. The lowest BCUT2D eigenvalue weighted by atomic mass is 9.97. The minimum Gasteiger partial charge on any atom is -0.480 e. The summed E-state index contributed by atoms with van der Waals surface area (Å²) in [6, 6.07) is 0.757. The van der Waals surface area contributed by atoms with Gasteiger partial charge in [0.15, 0.2) is 0 Å². The second-order valence-electron chi connectivity index (χ2n) is 6.12. The summed E-state index contributed by atoms with van der Waals surface area (Å²) in [7, 11) is 0. The van der Waals surface area contributed by atoms with E-state index in [9.17, 15) is 9.90 Å². The molecule has 1 heterocycles. The summed E-state index contributed by atoms with van der Waals surface area (Å²) >= 11 is 0. The van der Waals surface area contributed by atoms with Gasteiger partial charge in [-0.1, -0.05) is 27.7 Å². The summed E-state index contributed by atoms with van der Waals surface area (Å²) in [5.74, 6) is -0.239. The van der Waals surface area contributed by atoms with Crippen LogP contribution in [-0.2, 0) is 4.79 Å². The molecular formula is C14H28N2O2. The Morgan fingerprint density at radius 3 is 2.22 bits per heavy atom. The first-order valence-corrected chi connectivity index (χ1v) is 7.13. The van der Waals surface area contributed by atoms with Gasteiger partial charge in [0, 0.05) is 25.2 Å². The zero-order valence-electron chi connectivity index (χ0n) is 12.1. The van der Waals surface area contributed by atoms with Crippen LogP contribution >= 0.6 is 0 Å². The van der Waals surface area contributed by atoms with Crippen molar-refractivity contribution in [3.8, 4) is 0 Å². The molecule has 1 atom stereocenters. The van der Waals surface area contributed by atoms with E-state index in [1.54, 1.807) is 0 Å². The van der Waals surface area contributed by atoms with Crippen LogP contribution in [0.1, 0.15) is 47.0 Å². The van der Waals surface area contributed by atoms with Crippen molar-refractivity contribution in [1.29, 1.82) is 0 Å². The van der Waals surface area contributed by atoms with Gasteiger partial charge in [-0.3, -0.25) is 9.69 Å². The van der Waals surface area contributed by atoms with Gasteiger partial charge in [-0.05, 0) is 25.2 Å². The molecule has 1 aliphatic heterocycles. The Bertz CT molecular complexity index is 259. The average molecular weight is 256 g/mol. The highest BCUT2D eigenvalue weighted by Gasteiger charge is 2.29. The maximum atomic E-state index is 11.3. The van der Waals surface area contributed by atoms with Gasteiger partial charge in [0.05, 0.1) is 0 Å². The van der Waals surface area contributed by atoms with Crippen LogP contribution in [0.25, 0.3) is 0 Å². The predicted molar refractivity (Wildman–Crippen MR) is 73.7 cm³/mol. The number of rotatable bonds is 6. The van der Waals surface area contributed by atoms with E-state index in [-0.39, 0.29) is 6.04 Å². The number of aliphatic carboxylic acids is 1. The number of nitrogens with one attached hydrogen (secondary N) is 1. The monoisotopic (exact) mass is 256 g/mol. The van der Waals surface area contributed by atoms with Gasteiger partial charge in [0.1, 0.15) is 6.04 Å². The number of carboxylic acids is 1. The van der Waals surface area contributed by atoms with Gasteiger partial charge < -0.3 is 10.4 Å². The molecule has 0 saturated carbocycles. The molecule has 0 aromatic heterocycles. The van der Waals surface area contributed by atoms with Crippen molar-refractivity contribution < 1.29 is 9.90 Å². The zero-order chi connectivity index (χ0) is 13.7. The van der Waals surface area contributed by atoms with E-state index in [2.05, 4.69) is 37.9 Å². The zero-order valence-corrected chi connectivity index (χ0v) is 12.1. The molecule has 0 aromatic rings. The lowest BCUT2D eigenvalue weighted by Crippen LogP contribution is -2.50. The van der Waals surface area contributed by atoms with Gasteiger partial charge in [-0.2, -0.15) is 0 Å². The maximum Gasteiger partial charge on any atom is 0.320 e. The van der Waals surface area contributed by atoms with Gasteiger partial charge in [-0.25, -0.2) is 0 Å². The molecule has 4 nitrogen and oxygen atoms in total. The highest BCUT2D eigenvalue weighted by molar-refractivity contribution is 5.73. The normalized spacial score (nSPS) is 20.6. The van der Waals surface area contributed by atoms with Crippen molar-refractivity contribution in [3.63, 3.8) is 0 Å². The largest absolute Gasteiger partial charge is 0.480 e. The Morgan fingerprint density at radius 1 is 1.28 bits per heavy atom. The third-order valence-electron chi connectivity index (χ3n) is 3.52. The number of likely N-dealkylation sites (tertiary alicyclic amines) is 1. The van der Waals surface area contributed by atoms with E-state index >= 15 is 0 Å². The summed E-state index contributed by atoms with van der Waals surface area (Å²) in [6.45, 7) is 10.3. The second-order valence-corrected chi connectivity index (χ2v) is 6.12. The van der Waals surface area contributed by atoms with E-state index in [4.69, 9.17) is 0 Å². The molecule has 18 heavy (non-hydrogen) atoms. The van der Waals surface area contributed by atoms with Crippen LogP contribution in [0.5, 0.6) is 0 Å². The van der Waals surface area contributed by atoms with Gasteiger partial charge in [0.25, 0.3) is 0 Å². The fourth-order valence-corrected chi connectivity index (χ4v) is 2.70. The molecule has 0 bridgehead atoms. The summed E-state index contributed by atoms with van der Waals surface area (Å²) in [4.78, 5) is 13.5. The highest BCUT2D eigenvalue weighted by atomic mass is 16.4. The Balaban J connectivity index is 2.46. The summed E-state index contributed by atoms with van der Waals surface area (Å²) < 4.78 is 0. The fourth-order valence-electron chi connectivity index (χ4n) is 2.70. The van der Waals surface area contributed by atoms with E-state index in [0.29, 0.717) is 18.0 Å². The van der Waals surface area contributed by atoms with Crippen LogP contribution in [0, 0.1) is 5.92 Å². The molecule has 0 radical (unpaired) electrons. The number of carbonyl (C=O) groups is 1. The third kappa shape index (κ3) is 4.94. The lowest BCUT2D eigenvalue weighted by Gasteiger charge is -2.37. The highest BCUT2D eigenvalue weighted by Crippen LogP contribution is 2.18. The summed E-state index contributed by atoms with van der Waals surface area (Å²) in [6.07, 6.45) is 2.86. The van der Waals surface area contributed by atoms with E-state index in [1.807, 2.05) is 0 Å². The van der Waals surface area contributed by atoms with E-state index in [1.165, 1.54) is 0 Å². The van der Waals surface area contributed by atoms with E-state index < -0.39 is 5.97 Å². The Morgan fingerprint density at radius 2 is 1.83 bits per heavy atom. The Hall–Kier alpha value is -0.610. The molecule has 0 aliphatic carbocycles. The molecule has 1 rings (SSSR count). The van der Waals surface area contributed by atoms with E-state index in [0.717, 1.165) is 32.4 Å². The number of hydrogen-bond donors (Lipinski definition) is 2. The van der Waals surface area contributed by atoms with Crippen molar-refractivity contribution in [2.75, 3.05) is 13.1 Å². The summed E-state index contributed by atoms with van der Waals surface area (Å²) in [5, 5.41) is 12.9. The van der Waals surface area contributed by atoms with Crippen LogP contribution in [0.2, 0.25) is 0 Å². The minimum absolute atomic E-state index is 0.301. The number of carboxylic acid groups (broad SMARTS) is 1. The van der Waals surface area contributed by atoms with Crippen molar-refractivity contribution in [3.05, 3.63) is 0 Å². The molecule has 0 spiro atoms. The molecular weight excluding hydrogens is 228 g/mol. The van der Waals surface area contributed by atoms with Crippen LogP contribution in [-0.4, -0.2) is 47.2 Å². The van der Waals surface area contributed by atoms with Gasteiger partial charge in [-0.15, -0.1) is 0 Å². The first kappa shape index (κ1) is 15.4. The standard InChI is InChI=1S/C14H28N2O2/c1-10(2)9-13(14(17)18)16-7-5-12(6-8-16)15-11(3)4/h10-13,15H,5-9H2,1-4H3,(H,17,18). The molecule has 1 fully saturated rings. The molecule has 0 amide bonds. The minimum atomic E-state index is -0.668. The number of piperidine rings is 1. The molecule has 1 unspecified atom stereocenters. The average Bonchev–Trinajstić information content (AvgIpc) is 2.26. The predicted octanol–water partition coefficient (Wildman–Crippen LogP) is 1.95. The molecule has 1 aliphatic rings. The van der Waals surface area contributed by atoms with Crippen molar-refractivity contribution >= 4 is 5.97 Å². The van der Waals surface area contributed by atoms with Crippen LogP contribution in [0.15, 0.2) is 0 Å². The number of hydrogen-bond acceptors (Lipinski definition) is 3. The second kappa shape index (κ2) is 7.10. The molecule has 106 valence electrons. The third-order valence-corrected chi connectivity index (χ3v) is 3.52. The molecule has 1 saturated heterocycles. The molecule has 2 N–H and O–H groups in total. The van der Waals surface area contributed by atoms with Crippen LogP contribution in [0.4, 0.5) is 0 Å². The van der Waals surface area contributed by atoms with Crippen molar-refractivity contribution in [1.82, 2.24) is 10.2 Å². The van der Waals surface area contributed by atoms with Crippen molar-refractivity contribution in [2.24, 2.45) is 5.92 Å². The first-order valence-electron chi connectivity index (χ1n) is 7.13.